The average molecular weight is 292 g/mol. The van der Waals surface area contributed by atoms with Crippen LogP contribution in [0.4, 0.5) is 5.69 Å². The third-order valence-electron chi connectivity index (χ3n) is 3.80. The molecule has 1 aromatic heterocycles. The molecule has 0 spiro atoms. The van der Waals surface area contributed by atoms with Crippen LogP contribution in [0.3, 0.4) is 0 Å². The van der Waals surface area contributed by atoms with Gasteiger partial charge in [0, 0.05) is 23.3 Å². The molecule has 1 heterocycles. The highest BCUT2D eigenvalue weighted by atomic mass is 16.5. The summed E-state index contributed by atoms with van der Waals surface area (Å²) in [6, 6.07) is 20.5. The van der Waals surface area contributed by atoms with Crippen LogP contribution in [-0.4, -0.2) is 11.7 Å². The highest BCUT2D eigenvalue weighted by molar-refractivity contribution is 5.45. The third kappa shape index (κ3) is 2.98. The predicted molar refractivity (Wildman–Crippen MR) is 90.8 cm³/mol. The first kappa shape index (κ1) is 14.3. The van der Waals surface area contributed by atoms with E-state index in [1.165, 1.54) is 11.3 Å². The van der Waals surface area contributed by atoms with Crippen molar-refractivity contribution in [1.82, 2.24) is 4.57 Å². The van der Waals surface area contributed by atoms with E-state index in [4.69, 9.17) is 4.74 Å². The fourth-order valence-corrected chi connectivity index (χ4v) is 2.51. The highest BCUT2D eigenvalue weighted by Gasteiger charge is 2.07. The number of nitrogens with one attached hydrogen (secondary N) is 1. The average Bonchev–Trinajstić information content (AvgIpc) is 2.95. The van der Waals surface area contributed by atoms with Crippen molar-refractivity contribution in [3.8, 4) is 11.4 Å². The summed E-state index contributed by atoms with van der Waals surface area (Å²) in [6.45, 7) is 2.93. The molecule has 3 rings (SSSR count). The number of hydrogen-bond acceptors (Lipinski definition) is 2. The van der Waals surface area contributed by atoms with Crippen LogP contribution >= 0.6 is 0 Å². The highest BCUT2D eigenvalue weighted by Crippen LogP contribution is 2.20. The van der Waals surface area contributed by atoms with Crippen LogP contribution in [0, 0.1) is 6.92 Å². The number of nitrogens with zero attached hydrogens (tertiary/aromatic N) is 1. The first-order valence-electron chi connectivity index (χ1n) is 7.38. The zero-order valence-corrected chi connectivity index (χ0v) is 12.9. The van der Waals surface area contributed by atoms with Gasteiger partial charge in [0.15, 0.2) is 0 Å². The number of para-hydroxylation sites is 1. The van der Waals surface area contributed by atoms with E-state index in [0.29, 0.717) is 0 Å². The molecule has 3 heteroatoms. The van der Waals surface area contributed by atoms with Gasteiger partial charge in [-0.1, -0.05) is 18.2 Å². The molecule has 0 saturated carbocycles. The number of anilines is 1. The number of aromatic nitrogens is 1. The Balaban J connectivity index is 1.83. The summed E-state index contributed by atoms with van der Waals surface area (Å²) in [5.41, 5.74) is 4.80. The second kappa shape index (κ2) is 6.39. The van der Waals surface area contributed by atoms with E-state index >= 15 is 0 Å². The summed E-state index contributed by atoms with van der Waals surface area (Å²) >= 11 is 0. The number of benzene rings is 2. The molecule has 0 amide bonds. The summed E-state index contributed by atoms with van der Waals surface area (Å²) in [7, 11) is 1.68. The van der Waals surface area contributed by atoms with Crippen molar-refractivity contribution in [2.45, 2.75) is 13.5 Å². The second-order valence-corrected chi connectivity index (χ2v) is 5.23. The minimum atomic E-state index is 0.787. The maximum absolute atomic E-state index is 5.22. The maximum Gasteiger partial charge on any atom is 0.119 e. The third-order valence-corrected chi connectivity index (χ3v) is 3.80. The van der Waals surface area contributed by atoms with Crippen molar-refractivity contribution in [2.75, 3.05) is 12.4 Å². The summed E-state index contributed by atoms with van der Waals surface area (Å²) in [6.07, 6.45) is 2.11. The minimum Gasteiger partial charge on any atom is -0.497 e. The van der Waals surface area contributed by atoms with Gasteiger partial charge >= 0.3 is 0 Å². The van der Waals surface area contributed by atoms with E-state index in [9.17, 15) is 0 Å². The molecule has 0 bridgehead atoms. The Labute approximate surface area is 131 Å². The van der Waals surface area contributed by atoms with Crippen LogP contribution in [0.2, 0.25) is 0 Å². The number of rotatable bonds is 5. The van der Waals surface area contributed by atoms with Crippen molar-refractivity contribution in [2.24, 2.45) is 0 Å². The molecule has 112 valence electrons. The van der Waals surface area contributed by atoms with Crippen molar-refractivity contribution in [1.29, 1.82) is 0 Å². The largest absolute Gasteiger partial charge is 0.497 e. The molecule has 3 aromatic rings. The van der Waals surface area contributed by atoms with Crippen molar-refractivity contribution >= 4 is 5.69 Å². The van der Waals surface area contributed by atoms with Gasteiger partial charge in [0.2, 0.25) is 0 Å². The molecule has 0 radical (unpaired) electrons. The van der Waals surface area contributed by atoms with Crippen molar-refractivity contribution in [3.63, 3.8) is 0 Å². The van der Waals surface area contributed by atoms with E-state index in [0.717, 1.165) is 23.7 Å². The Kier molecular flexibility index (Phi) is 4.15. The van der Waals surface area contributed by atoms with Crippen molar-refractivity contribution < 1.29 is 4.74 Å². The standard InChI is InChI=1S/C19H20N2O/c1-15-12-13-21(17-8-10-18(22-2)11-9-17)19(15)14-20-16-6-4-3-5-7-16/h3-13,20H,14H2,1-2H3. The lowest BCUT2D eigenvalue weighted by molar-refractivity contribution is 0.414. The molecule has 0 atom stereocenters. The van der Waals surface area contributed by atoms with E-state index in [2.05, 4.69) is 53.3 Å². The monoisotopic (exact) mass is 292 g/mol. The Morgan fingerprint density at radius 1 is 0.955 bits per heavy atom. The summed E-state index contributed by atoms with van der Waals surface area (Å²) < 4.78 is 7.44. The maximum atomic E-state index is 5.22. The zero-order chi connectivity index (χ0) is 15.4. The smallest absolute Gasteiger partial charge is 0.119 e. The van der Waals surface area contributed by atoms with Gasteiger partial charge in [0.05, 0.1) is 13.7 Å². The van der Waals surface area contributed by atoms with Crippen molar-refractivity contribution in [3.05, 3.63) is 78.1 Å². The fraction of sp³-hybridized carbons (Fsp3) is 0.158. The molecule has 22 heavy (non-hydrogen) atoms. The Bertz CT molecular complexity index is 730. The van der Waals surface area contributed by atoms with Gasteiger partial charge < -0.3 is 14.6 Å². The Morgan fingerprint density at radius 3 is 2.36 bits per heavy atom. The van der Waals surface area contributed by atoms with Crippen LogP contribution in [0.1, 0.15) is 11.3 Å². The predicted octanol–water partition coefficient (Wildman–Crippen LogP) is 4.41. The lowest BCUT2D eigenvalue weighted by Crippen LogP contribution is -2.07. The van der Waals surface area contributed by atoms with E-state index < -0.39 is 0 Å². The SMILES string of the molecule is COc1ccc(-n2ccc(C)c2CNc2ccccc2)cc1. The van der Waals surface area contributed by atoms with Crippen LogP contribution in [0.15, 0.2) is 66.9 Å². The topological polar surface area (TPSA) is 26.2 Å². The first-order valence-corrected chi connectivity index (χ1v) is 7.38. The minimum absolute atomic E-state index is 0.787. The molecule has 0 aliphatic carbocycles. The quantitative estimate of drug-likeness (QED) is 0.754. The Hall–Kier alpha value is -2.68. The second-order valence-electron chi connectivity index (χ2n) is 5.23. The Morgan fingerprint density at radius 2 is 1.68 bits per heavy atom. The number of aryl methyl sites for hydroxylation is 1. The van der Waals surface area contributed by atoms with Crippen LogP contribution in [-0.2, 0) is 6.54 Å². The van der Waals surface area contributed by atoms with E-state index in [-0.39, 0.29) is 0 Å². The summed E-state index contributed by atoms with van der Waals surface area (Å²) in [5.74, 6) is 0.872. The molecule has 0 aliphatic heterocycles. The molecule has 1 N–H and O–H groups in total. The van der Waals surface area contributed by atoms with E-state index in [1.807, 2.05) is 30.3 Å². The van der Waals surface area contributed by atoms with E-state index in [1.54, 1.807) is 7.11 Å². The van der Waals surface area contributed by atoms with Gasteiger partial charge in [-0.25, -0.2) is 0 Å². The van der Waals surface area contributed by atoms with Gasteiger partial charge in [-0.2, -0.15) is 0 Å². The van der Waals surface area contributed by atoms with Gasteiger partial charge in [-0.15, -0.1) is 0 Å². The normalized spacial score (nSPS) is 10.5. The lowest BCUT2D eigenvalue weighted by atomic mass is 10.2. The molecule has 0 unspecified atom stereocenters. The van der Waals surface area contributed by atoms with Crippen LogP contribution in [0.25, 0.3) is 5.69 Å². The summed E-state index contributed by atoms with van der Waals surface area (Å²) in [4.78, 5) is 0. The van der Waals surface area contributed by atoms with Crippen LogP contribution in [0.5, 0.6) is 5.75 Å². The number of hydrogen-bond donors (Lipinski definition) is 1. The molecule has 0 aliphatic rings. The molecule has 0 fully saturated rings. The molecule has 2 aromatic carbocycles. The molecular weight excluding hydrogens is 272 g/mol. The zero-order valence-electron chi connectivity index (χ0n) is 12.9. The van der Waals surface area contributed by atoms with Gasteiger partial charge in [-0.05, 0) is 55.0 Å². The van der Waals surface area contributed by atoms with Gasteiger partial charge in [0.1, 0.15) is 5.75 Å². The van der Waals surface area contributed by atoms with Gasteiger partial charge in [0.25, 0.3) is 0 Å². The van der Waals surface area contributed by atoms with Crippen LogP contribution < -0.4 is 10.1 Å². The summed E-state index contributed by atoms with van der Waals surface area (Å²) in [5, 5.41) is 3.48. The fourth-order valence-electron chi connectivity index (χ4n) is 2.51. The van der Waals surface area contributed by atoms with Gasteiger partial charge in [-0.3, -0.25) is 0 Å². The molecule has 3 nitrogen and oxygen atoms in total. The first-order chi connectivity index (χ1) is 10.8. The number of ether oxygens (including phenoxy) is 1. The number of methoxy groups -OCH3 is 1. The lowest BCUT2D eigenvalue weighted by Gasteiger charge is -2.13. The molecular formula is C19H20N2O. The molecule has 0 saturated heterocycles.